The lowest BCUT2D eigenvalue weighted by atomic mass is 9.92. The van der Waals surface area contributed by atoms with Crippen molar-refractivity contribution in [3.8, 4) is 5.19 Å². The highest BCUT2D eigenvalue weighted by atomic mass is 32.1. The minimum atomic E-state index is -4.35. The molecule has 2 aliphatic heterocycles. The molecule has 0 spiro atoms. The zero-order valence-corrected chi connectivity index (χ0v) is 20.7. The number of nitrogens with zero attached hydrogens (tertiary/aromatic N) is 4. The zero-order valence-electron chi connectivity index (χ0n) is 19.1. The molecule has 4 rings (SSSR count). The second kappa shape index (κ2) is 11.4. The van der Waals surface area contributed by atoms with Gasteiger partial charge >= 0.3 is 6.18 Å². The maximum absolute atomic E-state index is 12.4. The van der Waals surface area contributed by atoms with Gasteiger partial charge in [-0.25, -0.2) is 9.97 Å². The third kappa shape index (κ3) is 7.69. The number of alkyl halides is 3. The lowest BCUT2D eigenvalue weighted by Gasteiger charge is -2.30. The number of halogens is 3. The maximum Gasteiger partial charge on any atom is 0.422 e. The first-order valence-corrected chi connectivity index (χ1v) is 13.2. The van der Waals surface area contributed by atoms with Gasteiger partial charge in [-0.05, 0) is 50.1 Å². The van der Waals surface area contributed by atoms with Gasteiger partial charge in [-0.1, -0.05) is 11.3 Å². The van der Waals surface area contributed by atoms with Crippen LogP contribution in [0.4, 0.5) is 13.2 Å². The predicted molar refractivity (Wildman–Crippen MR) is 123 cm³/mol. The van der Waals surface area contributed by atoms with Crippen LogP contribution in [0.25, 0.3) is 0 Å². The summed E-state index contributed by atoms with van der Waals surface area (Å²) in [5.74, 6) is 1.18. The molecular weight excluding hydrogens is 489 g/mol. The SMILES string of the molecule is Cc1nsc(CC(=O)C[C@H]2CC[C@H](CCN3CCc4nc(OCC(F)(F)F)sc4CC3)OC2)n1. The monoisotopic (exact) mass is 518 g/mol. The second-order valence-electron chi connectivity index (χ2n) is 8.94. The molecule has 0 bridgehead atoms. The van der Waals surface area contributed by atoms with E-state index in [-0.39, 0.29) is 23.0 Å². The van der Waals surface area contributed by atoms with Crippen LogP contribution in [0.5, 0.6) is 5.19 Å². The van der Waals surface area contributed by atoms with Gasteiger partial charge < -0.3 is 14.4 Å². The van der Waals surface area contributed by atoms with Crippen LogP contribution < -0.4 is 4.74 Å². The average Bonchev–Trinajstić information content (AvgIpc) is 3.32. The standard InChI is InChI=1S/C22H29F3N4O3S2/c1-14-26-20(34-28-14)11-16(30)10-15-2-3-17(31-12-15)4-7-29-8-5-18-19(6-9-29)33-21(27-18)32-13-22(23,24)25/h15,17H,2-13H2,1H3/t15-,17-/m1/s1. The molecule has 4 heterocycles. The number of carbonyl (C=O) groups excluding carboxylic acids is 1. The number of carbonyl (C=O) groups is 1. The van der Waals surface area contributed by atoms with Gasteiger partial charge in [0.2, 0.25) is 0 Å². The highest BCUT2D eigenvalue weighted by Crippen LogP contribution is 2.30. The molecule has 2 aliphatic rings. The molecule has 2 aromatic heterocycles. The van der Waals surface area contributed by atoms with Crippen molar-refractivity contribution in [2.24, 2.45) is 5.92 Å². The van der Waals surface area contributed by atoms with E-state index in [4.69, 9.17) is 9.47 Å². The van der Waals surface area contributed by atoms with E-state index in [1.807, 2.05) is 6.92 Å². The van der Waals surface area contributed by atoms with Crippen LogP contribution in [0, 0.1) is 12.8 Å². The van der Waals surface area contributed by atoms with Crippen LogP contribution in [-0.4, -0.2) is 70.2 Å². The summed E-state index contributed by atoms with van der Waals surface area (Å²) in [5, 5.41) is 0.891. The van der Waals surface area contributed by atoms with Gasteiger partial charge in [0.1, 0.15) is 16.6 Å². The van der Waals surface area contributed by atoms with E-state index < -0.39 is 12.8 Å². The molecule has 2 atom stereocenters. The number of aromatic nitrogens is 3. The summed E-state index contributed by atoms with van der Waals surface area (Å²) in [6.07, 6.45) is 1.11. The zero-order chi connectivity index (χ0) is 24.1. The molecular formula is C22H29F3N4O3S2. The van der Waals surface area contributed by atoms with Crippen molar-refractivity contribution in [3.63, 3.8) is 0 Å². The van der Waals surface area contributed by atoms with Crippen LogP contribution in [0.1, 0.15) is 47.1 Å². The minimum Gasteiger partial charge on any atom is -0.460 e. The van der Waals surface area contributed by atoms with Gasteiger partial charge in [0.15, 0.2) is 6.61 Å². The van der Waals surface area contributed by atoms with Crippen molar-refractivity contribution in [2.75, 3.05) is 32.8 Å². The Kier molecular flexibility index (Phi) is 8.54. The smallest absolute Gasteiger partial charge is 0.422 e. The van der Waals surface area contributed by atoms with Crippen molar-refractivity contribution >= 4 is 28.7 Å². The minimum absolute atomic E-state index is 0.109. The number of ether oxygens (including phenoxy) is 2. The molecule has 0 amide bonds. The fourth-order valence-electron chi connectivity index (χ4n) is 4.37. The highest BCUT2D eigenvalue weighted by Gasteiger charge is 2.30. The number of thiazole rings is 1. The van der Waals surface area contributed by atoms with Crippen molar-refractivity contribution in [1.82, 2.24) is 19.2 Å². The first-order chi connectivity index (χ1) is 16.2. The number of Topliss-reactive ketones (excluding diaryl/α,β-unsaturated/α-hetero) is 1. The van der Waals surface area contributed by atoms with Gasteiger partial charge in [0.05, 0.1) is 24.8 Å². The molecule has 2 aromatic rings. The molecule has 0 N–H and O–H groups in total. The van der Waals surface area contributed by atoms with E-state index in [0.717, 1.165) is 60.9 Å². The van der Waals surface area contributed by atoms with E-state index in [1.165, 1.54) is 22.9 Å². The Morgan fingerprint density at radius 1 is 1.24 bits per heavy atom. The molecule has 1 saturated heterocycles. The van der Waals surface area contributed by atoms with E-state index in [2.05, 4.69) is 19.2 Å². The number of fused-ring (bicyclic) bond motifs is 1. The van der Waals surface area contributed by atoms with Crippen molar-refractivity contribution in [3.05, 3.63) is 21.4 Å². The second-order valence-corrected chi connectivity index (χ2v) is 10.8. The molecule has 188 valence electrons. The lowest BCUT2D eigenvalue weighted by molar-refractivity contribution is -0.153. The molecule has 1 fully saturated rings. The molecule has 12 heteroatoms. The Bertz CT molecular complexity index is 932. The third-order valence-electron chi connectivity index (χ3n) is 6.10. The normalized spacial score (nSPS) is 21.8. The first kappa shape index (κ1) is 25.5. The molecule has 0 unspecified atom stereocenters. The van der Waals surface area contributed by atoms with Crippen LogP contribution in [0.15, 0.2) is 0 Å². The Morgan fingerprint density at radius 3 is 2.76 bits per heavy atom. The summed E-state index contributed by atoms with van der Waals surface area (Å²) in [6.45, 7) is 3.73. The summed E-state index contributed by atoms with van der Waals surface area (Å²) in [7, 11) is 0. The molecule has 0 aliphatic carbocycles. The topological polar surface area (TPSA) is 77.4 Å². The Labute approximate surface area is 204 Å². The number of hydrogen-bond donors (Lipinski definition) is 0. The van der Waals surface area contributed by atoms with E-state index >= 15 is 0 Å². The number of rotatable bonds is 9. The van der Waals surface area contributed by atoms with Crippen LogP contribution >= 0.6 is 22.9 Å². The quantitative estimate of drug-likeness (QED) is 0.496. The van der Waals surface area contributed by atoms with E-state index in [9.17, 15) is 18.0 Å². The van der Waals surface area contributed by atoms with Crippen LogP contribution in [-0.2, 0) is 28.8 Å². The summed E-state index contributed by atoms with van der Waals surface area (Å²) in [6, 6.07) is 0. The molecule has 0 saturated carbocycles. The predicted octanol–water partition coefficient (Wildman–Crippen LogP) is 4.03. The Morgan fingerprint density at radius 2 is 2.06 bits per heavy atom. The molecule has 34 heavy (non-hydrogen) atoms. The van der Waals surface area contributed by atoms with Gasteiger partial charge in [-0.2, -0.15) is 17.5 Å². The third-order valence-corrected chi connectivity index (χ3v) is 7.98. The van der Waals surface area contributed by atoms with Gasteiger partial charge in [-0.3, -0.25) is 4.79 Å². The summed E-state index contributed by atoms with van der Waals surface area (Å²) in [4.78, 5) is 24.2. The number of hydrogen-bond acceptors (Lipinski definition) is 9. The summed E-state index contributed by atoms with van der Waals surface area (Å²) < 4.78 is 52.1. The highest BCUT2D eigenvalue weighted by molar-refractivity contribution is 7.13. The lowest BCUT2D eigenvalue weighted by Crippen LogP contribution is -2.33. The largest absolute Gasteiger partial charge is 0.460 e. The first-order valence-electron chi connectivity index (χ1n) is 11.6. The molecule has 7 nitrogen and oxygen atoms in total. The van der Waals surface area contributed by atoms with Gasteiger partial charge in [-0.15, -0.1) is 0 Å². The fraction of sp³-hybridized carbons (Fsp3) is 0.727. The van der Waals surface area contributed by atoms with Crippen molar-refractivity contribution in [1.29, 1.82) is 0 Å². The summed E-state index contributed by atoms with van der Waals surface area (Å²) >= 11 is 2.52. The van der Waals surface area contributed by atoms with Crippen molar-refractivity contribution < 1.29 is 27.4 Å². The molecule has 0 aromatic carbocycles. The Balaban J connectivity index is 1.13. The van der Waals surface area contributed by atoms with E-state index in [0.29, 0.717) is 31.7 Å². The Hall–Kier alpha value is -1.63. The maximum atomic E-state index is 12.4. The van der Waals surface area contributed by atoms with Gasteiger partial charge in [0.25, 0.3) is 5.19 Å². The molecule has 0 radical (unpaired) electrons. The van der Waals surface area contributed by atoms with Crippen LogP contribution in [0.3, 0.4) is 0 Å². The number of ketones is 1. The summed E-state index contributed by atoms with van der Waals surface area (Å²) in [5.41, 5.74) is 0.856. The number of aryl methyl sites for hydroxylation is 1. The van der Waals surface area contributed by atoms with E-state index in [1.54, 1.807) is 0 Å². The fourth-order valence-corrected chi connectivity index (χ4v) is 5.99. The van der Waals surface area contributed by atoms with Crippen molar-refractivity contribution in [2.45, 2.75) is 64.1 Å². The average molecular weight is 519 g/mol. The van der Waals surface area contributed by atoms with Crippen LogP contribution in [0.2, 0.25) is 0 Å². The van der Waals surface area contributed by atoms with Gasteiger partial charge in [0, 0.05) is 37.4 Å².